The van der Waals surface area contributed by atoms with E-state index in [1.54, 1.807) is 18.2 Å². The second-order valence-electron chi connectivity index (χ2n) is 7.73. The van der Waals surface area contributed by atoms with Gasteiger partial charge in [0.25, 0.3) is 0 Å². The maximum atomic E-state index is 13.0. The van der Waals surface area contributed by atoms with Crippen LogP contribution in [0.3, 0.4) is 0 Å². The van der Waals surface area contributed by atoms with Gasteiger partial charge in [-0.1, -0.05) is 49.2 Å². The minimum Gasteiger partial charge on any atom is -0.486 e. The fourth-order valence-electron chi connectivity index (χ4n) is 3.41. The molecule has 2 aromatic carbocycles. The van der Waals surface area contributed by atoms with Gasteiger partial charge in [-0.05, 0) is 42.7 Å². The molecule has 0 saturated heterocycles. The van der Waals surface area contributed by atoms with Crippen molar-refractivity contribution in [1.82, 2.24) is 10.2 Å². The first-order chi connectivity index (χ1) is 15.3. The number of carbonyl (C=O) groups is 2. The van der Waals surface area contributed by atoms with Gasteiger partial charge in [-0.25, -0.2) is 4.79 Å². The van der Waals surface area contributed by atoms with Crippen molar-refractivity contribution in [2.24, 2.45) is 5.92 Å². The van der Waals surface area contributed by atoms with Crippen LogP contribution >= 0.6 is 23.2 Å². The molecule has 0 bridgehead atoms. The summed E-state index contributed by atoms with van der Waals surface area (Å²) in [5, 5.41) is 6.39. The van der Waals surface area contributed by atoms with E-state index < -0.39 is 5.91 Å². The third-order valence-corrected chi connectivity index (χ3v) is 5.73. The number of rotatable bonds is 7. The fraction of sp³-hybridized carbons (Fsp3) is 0.391. The van der Waals surface area contributed by atoms with Crippen molar-refractivity contribution in [2.75, 3.05) is 31.6 Å². The van der Waals surface area contributed by atoms with Crippen LogP contribution in [0.4, 0.5) is 10.5 Å². The van der Waals surface area contributed by atoms with E-state index in [4.69, 9.17) is 32.7 Å². The van der Waals surface area contributed by atoms with Crippen molar-refractivity contribution in [3.63, 3.8) is 0 Å². The van der Waals surface area contributed by atoms with Gasteiger partial charge in [0.15, 0.2) is 11.5 Å². The Bertz CT molecular complexity index is 963. The Morgan fingerprint density at radius 1 is 1.06 bits per heavy atom. The summed E-state index contributed by atoms with van der Waals surface area (Å²) in [4.78, 5) is 27.0. The number of hydrogen-bond donors (Lipinski definition) is 2. The summed E-state index contributed by atoms with van der Waals surface area (Å²) >= 11 is 12.2. The van der Waals surface area contributed by atoms with Crippen LogP contribution in [-0.4, -0.2) is 43.1 Å². The number of anilines is 1. The smallest absolute Gasteiger partial charge is 0.318 e. The third-order valence-electron chi connectivity index (χ3n) is 5.10. The number of halogens is 2. The van der Waals surface area contributed by atoms with Gasteiger partial charge < -0.3 is 25.0 Å². The molecule has 1 aliphatic heterocycles. The Balaban J connectivity index is 1.69. The zero-order valence-electron chi connectivity index (χ0n) is 18.3. The van der Waals surface area contributed by atoms with Gasteiger partial charge >= 0.3 is 6.03 Å². The molecule has 7 nitrogen and oxygen atoms in total. The second kappa shape index (κ2) is 10.8. The molecule has 0 aromatic heterocycles. The van der Waals surface area contributed by atoms with Gasteiger partial charge in [0.2, 0.25) is 5.91 Å². The summed E-state index contributed by atoms with van der Waals surface area (Å²) in [5.74, 6) is 1.07. The normalized spacial score (nSPS) is 13.4. The van der Waals surface area contributed by atoms with Gasteiger partial charge in [0.05, 0.1) is 21.8 Å². The minimum absolute atomic E-state index is 0.107. The lowest BCUT2D eigenvalue weighted by atomic mass is 9.95. The molecule has 32 heavy (non-hydrogen) atoms. The van der Waals surface area contributed by atoms with E-state index >= 15 is 0 Å². The number of carbonyl (C=O) groups excluding carboxylic acids is 2. The lowest BCUT2D eigenvalue weighted by Crippen LogP contribution is -2.46. The zero-order valence-corrected chi connectivity index (χ0v) is 19.8. The lowest BCUT2D eigenvalue weighted by Gasteiger charge is -2.28. The lowest BCUT2D eigenvalue weighted by molar-refractivity contribution is -0.116. The number of likely N-dealkylation sites (N-methyl/N-ethyl adjacent to an activating group) is 1. The first kappa shape index (κ1) is 24.0. The molecule has 3 rings (SSSR count). The van der Waals surface area contributed by atoms with Crippen LogP contribution in [-0.2, 0) is 4.79 Å². The van der Waals surface area contributed by atoms with Crippen molar-refractivity contribution in [3.05, 3.63) is 52.0 Å². The van der Waals surface area contributed by atoms with Crippen molar-refractivity contribution in [3.8, 4) is 11.5 Å². The first-order valence-corrected chi connectivity index (χ1v) is 11.2. The molecule has 3 amide bonds. The highest BCUT2D eigenvalue weighted by Gasteiger charge is 2.24. The molecule has 0 unspecified atom stereocenters. The molecule has 1 aliphatic rings. The molecule has 9 heteroatoms. The van der Waals surface area contributed by atoms with Crippen LogP contribution in [0.25, 0.3) is 0 Å². The average molecular weight is 480 g/mol. The topological polar surface area (TPSA) is 79.9 Å². The highest BCUT2D eigenvalue weighted by Crippen LogP contribution is 2.34. The number of nitrogens with zero attached hydrogens (tertiary/aromatic N) is 1. The molecule has 0 spiro atoms. The maximum absolute atomic E-state index is 13.0. The monoisotopic (exact) mass is 479 g/mol. The Labute approximate surface area is 198 Å². The van der Waals surface area contributed by atoms with E-state index in [1.165, 1.54) is 4.90 Å². The van der Waals surface area contributed by atoms with E-state index in [-0.39, 0.29) is 24.5 Å². The molecular formula is C23H27Cl2N3O4. The van der Waals surface area contributed by atoms with E-state index in [9.17, 15) is 9.59 Å². The molecule has 0 radical (unpaired) electrons. The number of nitrogens with one attached hydrogen (secondary N) is 2. The van der Waals surface area contributed by atoms with Crippen LogP contribution in [0.5, 0.6) is 11.5 Å². The number of benzene rings is 2. The second-order valence-corrected chi connectivity index (χ2v) is 8.55. The van der Waals surface area contributed by atoms with Crippen LogP contribution < -0.4 is 20.1 Å². The predicted molar refractivity (Wildman–Crippen MR) is 126 cm³/mol. The summed E-state index contributed by atoms with van der Waals surface area (Å²) in [6.07, 6.45) is 0. The zero-order chi connectivity index (χ0) is 23.3. The molecular weight excluding hydrogens is 453 g/mol. The molecule has 2 N–H and O–H groups in total. The number of urea groups is 1. The summed E-state index contributed by atoms with van der Waals surface area (Å²) in [6, 6.07) is 10.00. The number of hydrogen-bond acceptors (Lipinski definition) is 4. The Morgan fingerprint density at radius 2 is 1.72 bits per heavy atom. The number of ether oxygens (including phenoxy) is 2. The molecule has 0 saturated carbocycles. The van der Waals surface area contributed by atoms with Crippen LogP contribution in [0.1, 0.15) is 32.4 Å². The highest BCUT2D eigenvalue weighted by molar-refractivity contribution is 6.39. The van der Waals surface area contributed by atoms with E-state index in [1.807, 2.05) is 39.0 Å². The van der Waals surface area contributed by atoms with Gasteiger partial charge in [0, 0.05) is 6.54 Å². The number of fused-ring (bicyclic) bond motifs is 1. The minimum atomic E-state index is -0.391. The van der Waals surface area contributed by atoms with Crippen molar-refractivity contribution in [1.29, 1.82) is 0 Å². The highest BCUT2D eigenvalue weighted by atomic mass is 35.5. The maximum Gasteiger partial charge on any atom is 0.318 e. The van der Waals surface area contributed by atoms with Crippen molar-refractivity contribution in [2.45, 2.75) is 26.8 Å². The molecule has 0 aliphatic carbocycles. The van der Waals surface area contributed by atoms with Gasteiger partial charge in [-0.2, -0.15) is 0 Å². The average Bonchev–Trinajstić information content (AvgIpc) is 2.77. The number of amides is 3. The third kappa shape index (κ3) is 5.78. The molecule has 1 atom stereocenters. The largest absolute Gasteiger partial charge is 0.486 e. The predicted octanol–water partition coefficient (Wildman–Crippen LogP) is 5.13. The standard InChI is InChI=1S/C23H27Cl2N3O4/c1-4-28(13-20(29)26-22-16(24)6-5-7-17(22)25)23(30)27-21(14(2)3)15-8-9-18-19(12-15)32-11-10-31-18/h5-9,12,14,21H,4,10-11,13H2,1-3H3,(H,26,29)(H,27,30)/t21-/m1/s1. The molecule has 1 heterocycles. The first-order valence-electron chi connectivity index (χ1n) is 10.5. The van der Waals surface area contributed by atoms with Crippen LogP contribution in [0.2, 0.25) is 10.0 Å². The summed E-state index contributed by atoms with van der Waals surface area (Å²) in [6.45, 7) is 7.06. The Hall–Kier alpha value is -2.64. The molecule has 0 fully saturated rings. The Kier molecular flexibility index (Phi) is 8.10. The van der Waals surface area contributed by atoms with E-state index in [0.29, 0.717) is 47.0 Å². The van der Waals surface area contributed by atoms with E-state index in [0.717, 1.165) is 5.56 Å². The van der Waals surface area contributed by atoms with E-state index in [2.05, 4.69) is 10.6 Å². The van der Waals surface area contributed by atoms with Crippen molar-refractivity contribution < 1.29 is 19.1 Å². The summed E-state index contributed by atoms with van der Waals surface area (Å²) < 4.78 is 11.3. The molecule has 2 aromatic rings. The van der Waals surface area contributed by atoms with Crippen LogP contribution in [0.15, 0.2) is 36.4 Å². The quantitative estimate of drug-likeness (QED) is 0.576. The molecule has 172 valence electrons. The van der Waals surface area contributed by atoms with Gasteiger partial charge in [0.1, 0.15) is 19.8 Å². The van der Waals surface area contributed by atoms with Crippen molar-refractivity contribution >= 4 is 40.8 Å². The summed E-state index contributed by atoms with van der Waals surface area (Å²) in [7, 11) is 0. The summed E-state index contributed by atoms with van der Waals surface area (Å²) in [5.41, 5.74) is 1.23. The van der Waals surface area contributed by atoms with Gasteiger partial charge in [-0.3, -0.25) is 4.79 Å². The fourth-order valence-corrected chi connectivity index (χ4v) is 3.90. The Morgan fingerprint density at radius 3 is 2.34 bits per heavy atom. The number of para-hydroxylation sites is 1. The SMILES string of the molecule is CCN(CC(=O)Nc1c(Cl)cccc1Cl)C(=O)N[C@@H](c1ccc2c(c1)OCCO2)C(C)C. The van der Waals surface area contributed by atoms with Crippen LogP contribution in [0, 0.1) is 5.92 Å². The van der Waals surface area contributed by atoms with Gasteiger partial charge in [-0.15, -0.1) is 0 Å².